The number of hydrogen-bond donors (Lipinski definition) is 3. The van der Waals surface area contributed by atoms with Gasteiger partial charge in [0.05, 0.1) is 17.1 Å². The SMILES string of the molecule is CCOC(=O)c1c(NC(=S)Nc2ccc(NS(=O)(=O)c3ccc(C)cc3)cc2)sc2c1CCCCC2. The van der Waals surface area contributed by atoms with E-state index in [1.54, 1.807) is 66.8 Å². The zero-order chi connectivity index (χ0) is 25.7. The van der Waals surface area contributed by atoms with Crippen LogP contribution in [0.15, 0.2) is 53.4 Å². The van der Waals surface area contributed by atoms with E-state index in [1.807, 2.05) is 6.92 Å². The van der Waals surface area contributed by atoms with Gasteiger partial charge < -0.3 is 15.4 Å². The van der Waals surface area contributed by atoms with Crippen LogP contribution in [-0.4, -0.2) is 26.1 Å². The highest BCUT2D eigenvalue weighted by Gasteiger charge is 2.26. The van der Waals surface area contributed by atoms with Crippen molar-refractivity contribution in [1.29, 1.82) is 0 Å². The molecule has 2 aromatic carbocycles. The zero-order valence-corrected chi connectivity index (χ0v) is 22.7. The lowest BCUT2D eigenvalue weighted by Crippen LogP contribution is -2.20. The third-order valence-corrected chi connectivity index (χ3v) is 8.66. The number of thiophene rings is 1. The fourth-order valence-electron chi connectivity index (χ4n) is 4.07. The molecule has 1 aliphatic carbocycles. The molecule has 0 spiro atoms. The van der Waals surface area contributed by atoms with Crippen molar-refractivity contribution in [2.75, 3.05) is 22.0 Å². The number of benzene rings is 2. The molecule has 36 heavy (non-hydrogen) atoms. The molecule has 0 unspecified atom stereocenters. The average Bonchev–Trinajstić information content (AvgIpc) is 3.00. The highest BCUT2D eigenvalue weighted by atomic mass is 32.2. The number of carbonyl (C=O) groups excluding carboxylic acids is 1. The second kappa shape index (κ2) is 11.4. The average molecular weight is 544 g/mol. The first-order valence-corrected chi connectivity index (χ1v) is 14.6. The standard InChI is InChI=1S/C26H29N3O4S3/c1-3-33-25(30)23-21-7-5-4-6-8-22(21)35-24(23)28-26(34)27-18-11-13-19(14-12-18)29-36(31,32)20-15-9-17(2)10-16-20/h9-16,29H,3-8H2,1-2H3,(H2,27,28,34). The maximum absolute atomic E-state index is 12.7. The number of sulfonamides is 1. The van der Waals surface area contributed by atoms with Crippen molar-refractivity contribution in [2.45, 2.75) is 50.8 Å². The Morgan fingerprint density at radius 2 is 1.64 bits per heavy atom. The van der Waals surface area contributed by atoms with Crippen LogP contribution in [0.5, 0.6) is 0 Å². The highest BCUT2D eigenvalue weighted by Crippen LogP contribution is 2.38. The minimum Gasteiger partial charge on any atom is -0.462 e. The van der Waals surface area contributed by atoms with Gasteiger partial charge >= 0.3 is 5.97 Å². The Hall–Kier alpha value is -2.95. The lowest BCUT2D eigenvalue weighted by molar-refractivity contribution is 0.0527. The maximum atomic E-state index is 12.7. The molecular formula is C26H29N3O4S3. The van der Waals surface area contributed by atoms with Gasteiger partial charge in [-0.15, -0.1) is 11.3 Å². The van der Waals surface area contributed by atoms with E-state index in [-0.39, 0.29) is 10.9 Å². The Balaban J connectivity index is 1.44. The number of fused-ring (bicyclic) bond motifs is 1. The lowest BCUT2D eigenvalue weighted by Gasteiger charge is -2.13. The third-order valence-electron chi connectivity index (χ3n) is 5.85. The van der Waals surface area contributed by atoms with E-state index in [1.165, 1.54) is 4.88 Å². The largest absolute Gasteiger partial charge is 0.462 e. The summed E-state index contributed by atoms with van der Waals surface area (Å²) in [6.07, 6.45) is 5.13. The number of carbonyl (C=O) groups is 1. The van der Waals surface area contributed by atoms with Crippen molar-refractivity contribution >= 4 is 61.0 Å². The monoisotopic (exact) mass is 543 g/mol. The van der Waals surface area contributed by atoms with E-state index in [4.69, 9.17) is 17.0 Å². The fourth-order valence-corrected chi connectivity index (χ4v) is 6.69. The number of nitrogens with one attached hydrogen (secondary N) is 3. The Bertz CT molecular complexity index is 1350. The second-order valence-corrected chi connectivity index (χ2v) is 11.8. The van der Waals surface area contributed by atoms with Crippen LogP contribution < -0.4 is 15.4 Å². The summed E-state index contributed by atoms with van der Waals surface area (Å²) >= 11 is 7.07. The summed E-state index contributed by atoms with van der Waals surface area (Å²) in [5.74, 6) is -0.326. The third kappa shape index (κ3) is 6.24. The van der Waals surface area contributed by atoms with Gasteiger partial charge in [-0.2, -0.15) is 0 Å². The van der Waals surface area contributed by atoms with E-state index in [0.29, 0.717) is 33.7 Å². The Morgan fingerprint density at radius 3 is 2.33 bits per heavy atom. The van der Waals surface area contributed by atoms with E-state index in [2.05, 4.69) is 15.4 Å². The summed E-state index contributed by atoms with van der Waals surface area (Å²) in [4.78, 5) is 14.2. The first-order chi connectivity index (χ1) is 17.3. The molecule has 0 saturated heterocycles. The van der Waals surface area contributed by atoms with Crippen LogP contribution >= 0.6 is 23.6 Å². The predicted molar refractivity (Wildman–Crippen MR) is 150 cm³/mol. The van der Waals surface area contributed by atoms with Crippen molar-refractivity contribution in [3.05, 3.63) is 70.1 Å². The molecule has 0 saturated carbocycles. The van der Waals surface area contributed by atoms with Crippen LogP contribution in [0.3, 0.4) is 0 Å². The van der Waals surface area contributed by atoms with Gasteiger partial charge in [0.25, 0.3) is 10.0 Å². The van der Waals surface area contributed by atoms with E-state index >= 15 is 0 Å². The van der Waals surface area contributed by atoms with Gasteiger partial charge in [0, 0.05) is 16.3 Å². The summed E-state index contributed by atoms with van der Waals surface area (Å²) in [6.45, 7) is 4.01. The maximum Gasteiger partial charge on any atom is 0.341 e. The van der Waals surface area contributed by atoms with E-state index in [9.17, 15) is 13.2 Å². The van der Waals surface area contributed by atoms with Gasteiger partial charge in [0.1, 0.15) is 5.00 Å². The second-order valence-electron chi connectivity index (χ2n) is 8.56. The molecule has 0 bridgehead atoms. The molecule has 190 valence electrons. The normalized spacial score (nSPS) is 13.3. The number of aryl methyl sites for hydroxylation is 2. The number of hydrogen-bond acceptors (Lipinski definition) is 6. The molecule has 1 heterocycles. The number of thiocarbonyl (C=S) groups is 1. The topological polar surface area (TPSA) is 96.5 Å². The van der Waals surface area contributed by atoms with Crippen molar-refractivity contribution in [3.8, 4) is 0 Å². The van der Waals surface area contributed by atoms with Crippen molar-refractivity contribution in [2.24, 2.45) is 0 Å². The Kier molecular flexibility index (Phi) is 8.28. The van der Waals surface area contributed by atoms with Gasteiger partial charge in [0.2, 0.25) is 0 Å². The zero-order valence-electron chi connectivity index (χ0n) is 20.2. The van der Waals surface area contributed by atoms with Crippen molar-refractivity contribution in [3.63, 3.8) is 0 Å². The Labute approximate surface area is 221 Å². The van der Waals surface area contributed by atoms with Gasteiger partial charge in [-0.3, -0.25) is 4.72 Å². The summed E-state index contributed by atoms with van der Waals surface area (Å²) in [7, 11) is -3.68. The van der Waals surface area contributed by atoms with E-state index < -0.39 is 10.0 Å². The molecule has 0 amide bonds. The van der Waals surface area contributed by atoms with Crippen LogP contribution in [0.4, 0.5) is 16.4 Å². The summed E-state index contributed by atoms with van der Waals surface area (Å²) in [5, 5.41) is 7.32. The molecule has 7 nitrogen and oxygen atoms in total. The predicted octanol–water partition coefficient (Wildman–Crippen LogP) is 6.11. The number of anilines is 3. The minimum atomic E-state index is -3.68. The van der Waals surface area contributed by atoms with Gasteiger partial charge in [-0.25, -0.2) is 13.2 Å². The summed E-state index contributed by atoms with van der Waals surface area (Å²) in [5.41, 5.74) is 3.77. The van der Waals surface area contributed by atoms with E-state index in [0.717, 1.165) is 43.2 Å². The first-order valence-electron chi connectivity index (χ1n) is 11.9. The summed E-state index contributed by atoms with van der Waals surface area (Å²) < 4.78 is 33.2. The lowest BCUT2D eigenvalue weighted by atomic mass is 10.1. The Morgan fingerprint density at radius 1 is 0.972 bits per heavy atom. The number of rotatable bonds is 7. The molecule has 3 aromatic rings. The minimum absolute atomic E-state index is 0.201. The smallest absolute Gasteiger partial charge is 0.341 e. The first kappa shape index (κ1) is 26.1. The van der Waals surface area contributed by atoms with Gasteiger partial charge in [-0.1, -0.05) is 24.1 Å². The van der Waals surface area contributed by atoms with Crippen LogP contribution in [0, 0.1) is 6.92 Å². The van der Waals surface area contributed by atoms with Crippen LogP contribution in [0.25, 0.3) is 0 Å². The molecule has 0 aliphatic heterocycles. The molecule has 0 atom stereocenters. The van der Waals surface area contributed by atoms with Crippen molar-refractivity contribution in [1.82, 2.24) is 0 Å². The summed E-state index contributed by atoms with van der Waals surface area (Å²) in [6, 6.07) is 13.5. The van der Waals surface area contributed by atoms with Crippen LogP contribution in [-0.2, 0) is 27.6 Å². The highest BCUT2D eigenvalue weighted by molar-refractivity contribution is 7.92. The molecule has 4 rings (SSSR count). The molecule has 1 aromatic heterocycles. The molecule has 0 radical (unpaired) electrons. The quantitative estimate of drug-likeness (QED) is 0.188. The van der Waals surface area contributed by atoms with Crippen LogP contribution in [0.2, 0.25) is 0 Å². The van der Waals surface area contributed by atoms with Crippen LogP contribution in [0.1, 0.15) is 52.5 Å². The fraction of sp³-hybridized carbons (Fsp3) is 0.308. The number of esters is 1. The molecular weight excluding hydrogens is 515 g/mol. The molecule has 3 N–H and O–H groups in total. The van der Waals surface area contributed by atoms with Gasteiger partial charge in [-0.05, 0) is 93.7 Å². The van der Waals surface area contributed by atoms with Gasteiger partial charge in [0.15, 0.2) is 5.11 Å². The molecule has 10 heteroatoms. The van der Waals surface area contributed by atoms with Crippen molar-refractivity contribution < 1.29 is 17.9 Å². The number of ether oxygens (including phenoxy) is 1. The molecule has 0 fully saturated rings. The molecule has 1 aliphatic rings.